The molecule has 1 rings (SSSR count). The molecule has 30 heavy (non-hydrogen) atoms. The van der Waals surface area contributed by atoms with Crippen molar-refractivity contribution < 1.29 is 29.4 Å². The number of carbonyl (C=O) groups is 4. The van der Waals surface area contributed by atoms with E-state index in [-0.39, 0.29) is 12.3 Å². The summed E-state index contributed by atoms with van der Waals surface area (Å²) in [6.45, 7) is 2.43. The number of aliphatic hydroxyl groups excluding tert-OH is 1. The second-order valence-corrected chi connectivity index (χ2v) is 7.02. The number of nitrogens with one attached hydrogen (secondary N) is 3. The van der Waals surface area contributed by atoms with Gasteiger partial charge in [-0.1, -0.05) is 50.6 Å². The molecule has 0 saturated heterocycles. The normalized spacial score (nSPS) is 14.7. The van der Waals surface area contributed by atoms with E-state index in [9.17, 15) is 19.2 Å². The molecule has 7 N–H and O–H groups in total. The maximum absolute atomic E-state index is 12.9. The number of hydrogen-bond acceptors (Lipinski definition) is 6. The van der Waals surface area contributed by atoms with E-state index in [0.717, 1.165) is 5.56 Å². The summed E-state index contributed by atoms with van der Waals surface area (Å²) >= 11 is 0. The third kappa shape index (κ3) is 8.18. The van der Waals surface area contributed by atoms with Gasteiger partial charge in [0.1, 0.15) is 24.7 Å². The number of rotatable bonds is 12. The van der Waals surface area contributed by atoms with Gasteiger partial charge in [0.25, 0.3) is 0 Å². The van der Waals surface area contributed by atoms with Crippen LogP contribution in [0.2, 0.25) is 0 Å². The quantitative estimate of drug-likeness (QED) is 0.245. The second kappa shape index (κ2) is 12.6. The first kappa shape index (κ1) is 25.1. The van der Waals surface area contributed by atoms with E-state index in [2.05, 4.69) is 16.0 Å². The molecule has 4 atom stereocenters. The zero-order valence-electron chi connectivity index (χ0n) is 17.1. The molecule has 0 aliphatic rings. The summed E-state index contributed by atoms with van der Waals surface area (Å²) in [6, 6.07) is 5.71. The highest BCUT2D eigenvalue weighted by molar-refractivity contribution is 5.94. The summed E-state index contributed by atoms with van der Waals surface area (Å²) in [5, 5.41) is 25.2. The maximum Gasteiger partial charge on any atom is 0.322 e. The molecule has 0 spiro atoms. The maximum atomic E-state index is 12.9. The number of benzene rings is 1. The van der Waals surface area contributed by atoms with Crippen molar-refractivity contribution >= 4 is 23.7 Å². The Morgan fingerprint density at radius 2 is 1.67 bits per heavy atom. The van der Waals surface area contributed by atoms with Gasteiger partial charge in [0.05, 0.1) is 6.61 Å². The van der Waals surface area contributed by atoms with Gasteiger partial charge >= 0.3 is 5.97 Å². The van der Waals surface area contributed by atoms with E-state index < -0.39 is 55.0 Å². The van der Waals surface area contributed by atoms with Crippen LogP contribution in [0.3, 0.4) is 0 Å². The minimum atomic E-state index is -1.21. The number of carboxylic acid groups (broad SMARTS) is 1. The van der Waals surface area contributed by atoms with Gasteiger partial charge in [0.2, 0.25) is 17.7 Å². The average Bonchev–Trinajstić information content (AvgIpc) is 2.74. The third-order valence-corrected chi connectivity index (χ3v) is 4.66. The van der Waals surface area contributed by atoms with Crippen molar-refractivity contribution in [2.24, 2.45) is 11.7 Å². The van der Waals surface area contributed by atoms with Crippen LogP contribution in [0, 0.1) is 5.92 Å². The fourth-order valence-corrected chi connectivity index (χ4v) is 2.65. The molecule has 1 aromatic carbocycles. The highest BCUT2D eigenvalue weighted by Gasteiger charge is 2.31. The van der Waals surface area contributed by atoms with E-state index >= 15 is 0 Å². The van der Waals surface area contributed by atoms with E-state index in [0.29, 0.717) is 6.42 Å². The Labute approximate surface area is 175 Å². The predicted molar refractivity (Wildman–Crippen MR) is 109 cm³/mol. The largest absolute Gasteiger partial charge is 0.480 e. The Hall–Kier alpha value is -2.98. The van der Waals surface area contributed by atoms with Crippen LogP contribution < -0.4 is 21.7 Å². The van der Waals surface area contributed by atoms with Crippen LogP contribution in [0.25, 0.3) is 0 Å². The molecule has 0 radical (unpaired) electrons. The molecule has 3 amide bonds. The van der Waals surface area contributed by atoms with Crippen molar-refractivity contribution in [1.29, 1.82) is 0 Å². The Morgan fingerprint density at radius 1 is 1.03 bits per heavy atom. The summed E-state index contributed by atoms with van der Waals surface area (Å²) in [5.41, 5.74) is 6.28. The zero-order valence-corrected chi connectivity index (χ0v) is 17.1. The molecule has 10 nitrogen and oxygen atoms in total. The lowest BCUT2D eigenvalue weighted by molar-refractivity contribution is -0.138. The standard InChI is InChI=1S/C20H30N4O6/c1-3-12(2)17(24-18(28)14(21)11-25)20(30)23-15(19(29)22-10-16(26)27)9-13-7-5-4-6-8-13/h4-8,12,14-15,17,25H,3,9-11,21H2,1-2H3,(H,22,29)(H,23,30)(H,24,28)(H,26,27). The topological polar surface area (TPSA) is 171 Å². The molecule has 0 saturated carbocycles. The van der Waals surface area contributed by atoms with E-state index in [1.54, 1.807) is 37.3 Å². The molecule has 0 aromatic heterocycles. The molecule has 0 aliphatic carbocycles. The molecule has 0 bridgehead atoms. The summed E-state index contributed by atoms with van der Waals surface area (Å²) in [7, 11) is 0. The van der Waals surface area contributed by atoms with Crippen LogP contribution in [0.5, 0.6) is 0 Å². The molecule has 4 unspecified atom stereocenters. The Bertz CT molecular complexity index is 727. The van der Waals surface area contributed by atoms with Gasteiger partial charge in [-0.2, -0.15) is 0 Å². The van der Waals surface area contributed by atoms with Gasteiger partial charge in [-0.25, -0.2) is 0 Å². The zero-order chi connectivity index (χ0) is 22.7. The van der Waals surface area contributed by atoms with Gasteiger partial charge < -0.3 is 31.9 Å². The van der Waals surface area contributed by atoms with Gasteiger partial charge in [-0.15, -0.1) is 0 Å². The number of carboxylic acids is 1. The van der Waals surface area contributed by atoms with Gasteiger partial charge in [-0.3, -0.25) is 19.2 Å². The van der Waals surface area contributed by atoms with Crippen molar-refractivity contribution in [2.45, 2.75) is 44.8 Å². The SMILES string of the molecule is CCC(C)C(NC(=O)C(N)CO)C(=O)NC(Cc1ccccc1)C(=O)NCC(=O)O. The van der Waals surface area contributed by atoms with Gasteiger partial charge in [0.15, 0.2) is 0 Å². The monoisotopic (exact) mass is 422 g/mol. The fourth-order valence-electron chi connectivity index (χ4n) is 2.65. The van der Waals surface area contributed by atoms with Crippen LogP contribution in [-0.4, -0.2) is 65.2 Å². The lowest BCUT2D eigenvalue weighted by Crippen LogP contribution is -2.58. The molecule has 10 heteroatoms. The Kier molecular flexibility index (Phi) is 10.5. The van der Waals surface area contributed by atoms with Crippen molar-refractivity contribution in [2.75, 3.05) is 13.2 Å². The Balaban J connectivity index is 3.00. The van der Waals surface area contributed by atoms with E-state index in [1.807, 2.05) is 6.92 Å². The van der Waals surface area contributed by atoms with E-state index in [4.69, 9.17) is 15.9 Å². The van der Waals surface area contributed by atoms with E-state index in [1.165, 1.54) is 0 Å². The predicted octanol–water partition coefficient (Wildman–Crippen LogP) is -1.23. The summed E-state index contributed by atoms with van der Waals surface area (Å²) in [5.74, 6) is -3.44. The van der Waals surface area contributed by atoms with Gasteiger partial charge in [-0.05, 0) is 11.5 Å². The number of hydrogen-bond donors (Lipinski definition) is 6. The molecule has 1 aromatic rings. The first-order valence-electron chi connectivity index (χ1n) is 9.70. The molecule has 0 fully saturated rings. The van der Waals surface area contributed by atoms with Crippen LogP contribution in [0.4, 0.5) is 0 Å². The average molecular weight is 422 g/mol. The van der Waals surface area contributed by atoms with Crippen molar-refractivity contribution in [1.82, 2.24) is 16.0 Å². The highest BCUT2D eigenvalue weighted by atomic mass is 16.4. The van der Waals surface area contributed by atoms with Crippen molar-refractivity contribution in [3.63, 3.8) is 0 Å². The third-order valence-electron chi connectivity index (χ3n) is 4.66. The smallest absolute Gasteiger partial charge is 0.322 e. The second-order valence-electron chi connectivity index (χ2n) is 7.02. The lowest BCUT2D eigenvalue weighted by atomic mass is 9.97. The molecule has 0 heterocycles. The number of carbonyl (C=O) groups excluding carboxylic acids is 3. The Morgan fingerprint density at radius 3 is 2.20 bits per heavy atom. The number of nitrogens with two attached hydrogens (primary N) is 1. The highest BCUT2D eigenvalue weighted by Crippen LogP contribution is 2.10. The number of aliphatic hydroxyl groups is 1. The molecule has 166 valence electrons. The van der Waals surface area contributed by atoms with Crippen molar-refractivity contribution in [3.05, 3.63) is 35.9 Å². The lowest BCUT2D eigenvalue weighted by Gasteiger charge is -2.27. The van der Waals surface area contributed by atoms with Crippen LogP contribution in [0.1, 0.15) is 25.8 Å². The minimum absolute atomic E-state index is 0.134. The number of amides is 3. The molecular weight excluding hydrogens is 392 g/mol. The fraction of sp³-hybridized carbons (Fsp3) is 0.500. The first-order valence-corrected chi connectivity index (χ1v) is 9.70. The summed E-state index contributed by atoms with van der Waals surface area (Å²) in [6.07, 6.45) is 0.691. The molecular formula is C20H30N4O6. The summed E-state index contributed by atoms with van der Waals surface area (Å²) in [4.78, 5) is 48.3. The first-order chi connectivity index (χ1) is 14.2. The molecule has 0 aliphatic heterocycles. The number of aliphatic carboxylic acids is 1. The van der Waals surface area contributed by atoms with Crippen LogP contribution in [-0.2, 0) is 25.6 Å². The van der Waals surface area contributed by atoms with Crippen molar-refractivity contribution in [3.8, 4) is 0 Å². The van der Waals surface area contributed by atoms with Crippen LogP contribution in [0.15, 0.2) is 30.3 Å². The summed E-state index contributed by atoms with van der Waals surface area (Å²) < 4.78 is 0. The van der Waals surface area contributed by atoms with Crippen LogP contribution >= 0.6 is 0 Å². The van der Waals surface area contributed by atoms with Gasteiger partial charge in [0, 0.05) is 6.42 Å². The minimum Gasteiger partial charge on any atom is -0.480 e.